The summed E-state index contributed by atoms with van der Waals surface area (Å²) in [6, 6.07) is 16.4. The third-order valence-electron chi connectivity index (χ3n) is 6.56. The predicted molar refractivity (Wildman–Crippen MR) is 138 cm³/mol. The first-order chi connectivity index (χ1) is 17.3. The fourth-order valence-corrected chi connectivity index (χ4v) is 4.84. The van der Waals surface area contributed by atoms with Gasteiger partial charge in [0, 0.05) is 6.04 Å². The highest BCUT2D eigenvalue weighted by Gasteiger charge is 2.37. The highest BCUT2D eigenvalue weighted by atomic mass is 16.6. The Hall–Kier alpha value is -3.03. The van der Waals surface area contributed by atoms with E-state index in [9.17, 15) is 14.4 Å². The van der Waals surface area contributed by atoms with Gasteiger partial charge in [-0.1, -0.05) is 68.4 Å². The second-order valence-corrected chi connectivity index (χ2v) is 9.82. The first kappa shape index (κ1) is 27.6. The number of fused-ring (bicyclic) bond motifs is 1. The molecule has 3 rings (SSSR count). The van der Waals surface area contributed by atoms with E-state index in [-0.39, 0.29) is 31.1 Å². The minimum absolute atomic E-state index is 0.0976. The molecule has 0 heterocycles. The number of carbonyl (C=O) groups excluding carboxylic acids is 3. The van der Waals surface area contributed by atoms with E-state index in [1.165, 1.54) is 11.1 Å². The van der Waals surface area contributed by atoms with E-state index in [0.717, 1.165) is 5.56 Å². The number of aryl methyl sites for hydroxylation is 1. The number of ether oxygens (including phenoxy) is 2. The molecule has 0 amide bonds. The molecule has 7 nitrogen and oxygen atoms in total. The van der Waals surface area contributed by atoms with Crippen LogP contribution in [0, 0.1) is 5.92 Å². The molecule has 2 atom stereocenters. The van der Waals surface area contributed by atoms with Gasteiger partial charge >= 0.3 is 17.9 Å². The van der Waals surface area contributed by atoms with Crippen LogP contribution in [0.25, 0.3) is 0 Å². The zero-order valence-corrected chi connectivity index (χ0v) is 21.5. The topological polar surface area (TPSA) is 98.9 Å². The molecule has 0 fully saturated rings. The van der Waals surface area contributed by atoms with Crippen molar-refractivity contribution in [2.75, 3.05) is 13.2 Å². The Balaban J connectivity index is 1.81. The third-order valence-corrected chi connectivity index (χ3v) is 6.56. The van der Waals surface area contributed by atoms with Crippen molar-refractivity contribution in [2.24, 2.45) is 11.7 Å². The quantitative estimate of drug-likeness (QED) is 0.356. The van der Waals surface area contributed by atoms with Crippen molar-refractivity contribution >= 4 is 17.9 Å². The standard InChI is InChI=1S/C29H38N2O5/c1-4-35-29(34)26(15-14-21-10-6-5-7-11-21)31(24-17-22-12-8-9-13-23(22)18-24)19-27(32)36-28(33)25(30)16-20(2)3/h5-13,20,24-26H,4,14-19,30H2,1-3H3/t25-,26?/m0/s1. The van der Waals surface area contributed by atoms with Crippen molar-refractivity contribution in [3.63, 3.8) is 0 Å². The maximum atomic E-state index is 13.2. The lowest BCUT2D eigenvalue weighted by Gasteiger charge is -2.34. The summed E-state index contributed by atoms with van der Waals surface area (Å²) >= 11 is 0. The monoisotopic (exact) mass is 494 g/mol. The number of carbonyl (C=O) groups is 3. The molecule has 0 bridgehead atoms. The lowest BCUT2D eigenvalue weighted by atomic mass is 10.0. The predicted octanol–water partition coefficient (Wildman–Crippen LogP) is 3.46. The summed E-state index contributed by atoms with van der Waals surface area (Å²) in [5, 5.41) is 0. The van der Waals surface area contributed by atoms with Gasteiger partial charge in [0.1, 0.15) is 12.1 Å². The van der Waals surface area contributed by atoms with Crippen LogP contribution >= 0.6 is 0 Å². The van der Waals surface area contributed by atoms with Crippen molar-refractivity contribution in [1.82, 2.24) is 4.90 Å². The molecule has 36 heavy (non-hydrogen) atoms. The number of benzene rings is 2. The van der Waals surface area contributed by atoms with Crippen LogP contribution in [-0.2, 0) is 43.1 Å². The molecule has 0 saturated heterocycles. The number of nitrogens with zero attached hydrogens (tertiary/aromatic N) is 1. The largest absolute Gasteiger partial charge is 0.465 e. The van der Waals surface area contributed by atoms with Crippen molar-refractivity contribution < 1.29 is 23.9 Å². The van der Waals surface area contributed by atoms with Gasteiger partial charge in [-0.2, -0.15) is 0 Å². The van der Waals surface area contributed by atoms with Crippen LogP contribution in [0.5, 0.6) is 0 Å². The summed E-state index contributed by atoms with van der Waals surface area (Å²) in [4.78, 5) is 40.4. The van der Waals surface area contributed by atoms with E-state index in [1.807, 2.05) is 61.2 Å². The Labute approximate surface area is 213 Å². The summed E-state index contributed by atoms with van der Waals surface area (Å²) in [6.45, 7) is 5.71. The van der Waals surface area contributed by atoms with E-state index in [4.69, 9.17) is 15.2 Å². The third kappa shape index (κ3) is 7.73. The maximum absolute atomic E-state index is 13.2. The molecule has 0 aromatic heterocycles. The summed E-state index contributed by atoms with van der Waals surface area (Å²) in [5.74, 6) is -1.62. The van der Waals surface area contributed by atoms with Gasteiger partial charge < -0.3 is 15.2 Å². The Morgan fingerprint density at radius 2 is 1.58 bits per heavy atom. The van der Waals surface area contributed by atoms with E-state index < -0.39 is 24.0 Å². The molecule has 0 saturated carbocycles. The molecular weight excluding hydrogens is 456 g/mol. The van der Waals surface area contributed by atoms with Gasteiger partial charge in [-0.3, -0.25) is 14.5 Å². The Kier molecular flexibility index (Phi) is 10.2. The fourth-order valence-electron chi connectivity index (χ4n) is 4.84. The van der Waals surface area contributed by atoms with Crippen LogP contribution in [0.3, 0.4) is 0 Å². The van der Waals surface area contributed by atoms with E-state index in [1.54, 1.807) is 6.92 Å². The minimum Gasteiger partial charge on any atom is -0.465 e. The first-order valence-electron chi connectivity index (χ1n) is 12.8. The zero-order valence-electron chi connectivity index (χ0n) is 21.5. The smallest absolute Gasteiger partial charge is 0.330 e. The van der Waals surface area contributed by atoms with Gasteiger partial charge in [0.25, 0.3) is 0 Å². The number of rotatable bonds is 12. The zero-order chi connectivity index (χ0) is 26.1. The number of hydrogen-bond donors (Lipinski definition) is 1. The highest BCUT2D eigenvalue weighted by Crippen LogP contribution is 2.28. The lowest BCUT2D eigenvalue weighted by molar-refractivity contribution is -0.163. The van der Waals surface area contributed by atoms with Crippen LogP contribution < -0.4 is 5.73 Å². The summed E-state index contributed by atoms with van der Waals surface area (Å²) in [7, 11) is 0. The molecule has 1 unspecified atom stereocenters. The summed E-state index contributed by atoms with van der Waals surface area (Å²) in [6.07, 6.45) is 2.95. The highest BCUT2D eigenvalue weighted by molar-refractivity contribution is 5.89. The normalized spacial score (nSPS) is 14.9. The van der Waals surface area contributed by atoms with Gasteiger partial charge in [0.05, 0.1) is 13.2 Å². The molecule has 0 aliphatic heterocycles. The first-order valence-corrected chi connectivity index (χ1v) is 12.8. The average Bonchev–Trinajstić information content (AvgIpc) is 3.28. The van der Waals surface area contributed by atoms with Crippen LogP contribution in [0.1, 0.15) is 50.3 Å². The Bertz CT molecular complexity index is 998. The SMILES string of the molecule is CCOC(=O)C(CCc1ccccc1)N(CC(=O)OC(=O)[C@@H](N)CC(C)C)C1Cc2ccccc2C1. The van der Waals surface area contributed by atoms with Crippen LogP contribution in [0.2, 0.25) is 0 Å². The maximum Gasteiger partial charge on any atom is 0.330 e. The molecule has 0 spiro atoms. The van der Waals surface area contributed by atoms with Crippen LogP contribution in [0.15, 0.2) is 54.6 Å². The van der Waals surface area contributed by atoms with Crippen LogP contribution in [-0.4, -0.2) is 54.1 Å². The van der Waals surface area contributed by atoms with Crippen LogP contribution in [0.4, 0.5) is 0 Å². The second kappa shape index (κ2) is 13.3. The summed E-state index contributed by atoms with van der Waals surface area (Å²) in [5.41, 5.74) is 9.41. The van der Waals surface area contributed by atoms with E-state index in [0.29, 0.717) is 32.1 Å². The van der Waals surface area contributed by atoms with E-state index >= 15 is 0 Å². The Morgan fingerprint density at radius 1 is 0.972 bits per heavy atom. The number of esters is 3. The molecule has 2 aromatic carbocycles. The number of hydrogen-bond acceptors (Lipinski definition) is 7. The number of nitrogens with two attached hydrogens (primary N) is 1. The molecule has 2 N–H and O–H groups in total. The fraction of sp³-hybridized carbons (Fsp3) is 0.483. The Morgan fingerprint density at radius 3 is 2.17 bits per heavy atom. The molecule has 0 radical (unpaired) electrons. The van der Waals surface area contributed by atoms with Gasteiger partial charge in [-0.25, -0.2) is 4.79 Å². The van der Waals surface area contributed by atoms with Gasteiger partial charge in [-0.05, 0) is 61.6 Å². The molecular formula is C29H38N2O5. The van der Waals surface area contributed by atoms with Crippen molar-refractivity contribution in [2.45, 2.75) is 71.0 Å². The second-order valence-electron chi connectivity index (χ2n) is 9.82. The van der Waals surface area contributed by atoms with Gasteiger partial charge in [0.2, 0.25) is 0 Å². The lowest BCUT2D eigenvalue weighted by Crippen LogP contribution is -2.51. The molecule has 7 heteroatoms. The van der Waals surface area contributed by atoms with Crippen molar-refractivity contribution in [1.29, 1.82) is 0 Å². The molecule has 1 aliphatic carbocycles. The molecule has 194 valence electrons. The molecule has 1 aliphatic rings. The van der Waals surface area contributed by atoms with Crippen molar-refractivity contribution in [3.8, 4) is 0 Å². The van der Waals surface area contributed by atoms with Gasteiger partial charge in [-0.15, -0.1) is 0 Å². The minimum atomic E-state index is -0.864. The van der Waals surface area contributed by atoms with Gasteiger partial charge in [0.15, 0.2) is 0 Å². The summed E-state index contributed by atoms with van der Waals surface area (Å²) < 4.78 is 10.6. The average molecular weight is 495 g/mol. The molecule has 2 aromatic rings. The van der Waals surface area contributed by atoms with Crippen molar-refractivity contribution in [3.05, 3.63) is 71.3 Å². The van der Waals surface area contributed by atoms with E-state index in [2.05, 4.69) is 12.1 Å².